The van der Waals surface area contributed by atoms with Crippen LogP contribution in [0.5, 0.6) is 11.5 Å². The fraction of sp³-hybridized carbons (Fsp3) is 0. The third-order valence-corrected chi connectivity index (χ3v) is 5.47. The lowest BCUT2D eigenvalue weighted by Gasteiger charge is -2.15. The molecule has 0 saturated carbocycles. The number of phenols is 2. The van der Waals surface area contributed by atoms with Gasteiger partial charge in [-0.1, -0.05) is 84.6 Å². The van der Waals surface area contributed by atoms with Crippen LogP contribution in [0.3, 0.4) is 0 Å². The van der Waals surface area contributed by atoms with E-state index in [1.807, 2.05) is 84.9 Å². The summed E-state index contributed by atoms with van der Waals surface area (Å²) in [4.78, 5) is 1.87. The van der Waals surface area contributed by atoms with E-state index >= 15 is 0 Å². The Balaban J connectivity index is 1.84. The highest BCUT2D eigenvalue weighted by atomic mass is 32.2. The Morgan fingerprint density at radius 2 is 0.852 bits per heavy atom. The van der Waals surface area contributed by atoms with Crippen LogP contribution in [0.2, 0.25) is 0 Å². The summed E-state index contributed by atoms with van der Waals surface area (Å²) in [6.45, 7) is 0. The molecule has 2 nitrogen and oxygen atoms in total. The van der Waals surface area contributed by atoms with Crippen LogP contribution in [0, 0.1) is 0 Å². The Morgan fingerprint density at radius 1 is 0.444 bits per heavy atom. The summed E-state index contributed by atoms with van der Waals surface area (Å²) in [6, 6.07) is 30.8. The minimum Gasteiger partial charge on any atom is -0.507 e. The van der Waals surface area contributed by atoms with Crippen LogP contribution < -0.4 is 0 Å². The molecule has 0 bridgehead atoms. The van der Waals surface area contributed by atoms with Crippen molar-refractivity contribution < 1.29 is 10.2 Å². The lowest BCUT2D eigenvalue weighted by Crippen LogP contribution is -1.87. The summed E-state index contributed by atoms with van der Waals surface area (Å²) in [5.74, 6) is 0.486. The average Bonchev–Trinajstić information content (AvgIpc) is 2.70. The number of aromatic hydroxyl groups is 2. The van der Waals surface area contributed by atoms with Crippen LogP contribution in [0.1, 0.15) is 0 Å². The van der Waals surface area contributed by atoms with Gasteiger partial charge >= 0.3 is 0 Å². The van der Waals surface area contributed by atoms with E-state index in [-0.39, 0.29) is 11.5 Å². The molecule has 4 rings (SSSR count). The van der Waals surface area contributed by atoms with Gasteiger partial charge in [-0.3, -0.25) is 0 Å². The topological polar surface area (TPSA) is 40.5 Å². The lowest BCUT2D eigenvalue weighted by molar-refractivity contribution is 0.476. The second-order valence-corrected chi connectivity index (χ2v) is 7.22. The molecule has 0 aliphatic heterocycles. The van der Waals surface area contributed by atoms with E-state index in [4.69, 9.17) is 0 Å². The van der Waals surface area contributed by atoms with Crippen molar-refractivity contribution in [3.63, 3.8) is 0 Å². The second kappa shape index (κ2) is 7.60. The highest BCUT2D eigenvalue weighted by Gasteiger charge is 2.15. The molecule has 0 heterocycles. The van der Waals surface area contributed by atoms with Crippen LogP contribution in [0.15, 0.2) is 107 Å². The van der Waals surface area contributed by atoms with Crippen molar-refractivity contribution in [3.05, 3.63) is 97.1 Å². The second-order valence-electron chi connectivity index (χ2n) is 6.13. The van der Waals surface area contributed by atoms with E-state index in [2.05, 4.69) is 0 Å². The Morgan fingerprint density at radius 3 is 1.26 bits per heavy atom. The molecule has 132 valence electrons. The first kappa shape index (κ1) is 17.3. The molecule has 0 amide bonds. The van der Waals surface area contributed by atoms with Crippen molar-refractivity contribution in [2.24, 2.45) is 0 Å². The first-order valence-electron chi connectivity index (χ1n) is 8.66. The van der Waals surface area contributed by atoms with Crippen LogP contribution in [0.4, 0.5) is 0 Å². The van der Waals surface area contributed by atoms with Gasteiger partial charge in [0.25, 0.3) is 0 Å². The smallest absolute Gasteiger partial charge is 0.124 e. The predicted octanol–water partition coefficient (Wildman–Crippen LogP) is 6.58. The quantitative estimate of drug-likeness (QED) is 0.426. The summed E-state index contributed by atoms with van der Waals surface area (Å²) >= 11 is 1.54. The van der Waals surface area contributed by atoms with Crippen LogP contribution in [-0.2, 0) is 0 Å². The van der Waals surface area contributed by atoms with Crippen LogP contribution in [0.25, 0.3) is 22.3 Å². The molecule has 0 radical (unpaired) electrons. The third-order valence-electron chi connectivity index (χ3n) is 4.35. The van der Waals surface area contributed by atoms with E-state index in [1.165, 1.54) is 11.8 Å². The maximum absolute atomic E-state index is 10.5. The van der Waals surface area contributed by atoms with Crippen molar-refractivity contribution in [2.45, 2.75) is 9.79 Å². The maximum Gasteiger partial charge on any atom is 0.124 e. The molecule has 0 fully saturated rings. The molecule has 4 aromatic carbocycles. The Bertz CT molecular complexity index is 973. The SMILES string of the molecule is Oc1cccc(Sc2cccc(O)c2-c2ccccc2)c1-c1ccccc1. The first-order valence-corrected chi connectivity index (χ1v) is 9.48. The zero-order valence-corrected chi connectivity index (χ0v) is 15.4. The fourth-order valence-corrected chi connectivity index (χ4v) is 4.30. The minimum absolute atomic E-state index is 0.243. The van der Waals surface area contributed by atoms with Gasteiger partial charge in [-0.2, -0.15) is 0 Å². The van der Waals surface area contributed by atoms with Gasteiger partial charge in [-0.25, -0.2) is 0 Å². The zero-order chi connectivity index (χ0) is 18.6. The van der Waals surface area contributed by atoms with Crippen molar-refractivity contribution in [2.75, 3.05) is 0 Å². The standard InChI is InChI=1S/C24H18O2S/c25-19-13-7-15-21(23(19)17-9-3-1-4-10-17)27-22-16-8-14-20(26)24(22)18-11-5-2-6-12-18/h1-16,25-26H. The van der Waals surface area contributed by atoms with Gasteiger partial charge < -0.3 is 10.2 Å². The van der Waals surface area contributed by atoms with Gasteiger partial charge in [0.15, 0.2) is 0 Å². The number of hydrogen-bond acceptors (Lipinski definition) is 3. The van der Waals surface area contributed by atoms with Crippen LogP contribution >= 0.6 is 11.8 Å². The molecule has 0 atom stereocenters. The molecule has 0 aromatic heterocycles. The summed E-state index contributed by atoms with van der Waals surface area (Å²) in [7, 11) is 0. The molecular formula is C24H18O2S. The van der Waals surface area contributed by atoms with Crippen molar-refractivity contribution in [1.29, 1.82) is 0 Å². The molecule has 2 N–H and O–H groups in total. The Hall–Kier alpha value is -3.17. The van der Waals surface area contributed by atoms with Crippen molar-refractivity contribution in [3.8, 4) is 33.8 Å². The largest absolute Gasteiger partial charge is 0.507 e. The number of benzene rings is 4. The van der Waals surface area contributed by atoms with Gasteiger partial charge in [0.05, 0.1) is 0 Å². The Kier molecular flexibility index (Phi) is 4.86. The minimum atomic E-state index is 0.243. The molecule has 0 aliphatic carbocycles. The molecule has 0 spiro atoms. The fourth-order valence-electron chi connectivity index (χ4n) is 3.12. The van der Waals surface area contributed by atoms with E-state index in [1.54, 1.807) is 12.1 Å². The van der Waals surface area contributed by atoms with E-state index in [0.29, 0.717) is 0 Å². The molecule has 0 aliphatic rings. The number of hydrogen-bond donors (Lipinski definition) is 2. The normalized spacial score (nSPS) is 10.7. The van der Waals surface area contributed by atoms with E-state index in [0.717, 1.165) is 32.0 Å². The molecule has 27 heavy (non-hydrogen) atoms. The summed E-state index contributed by atoms with van der Waals surface area (Å²) in [5.41, 5.74) is 3.51. The molecular weight excluding hydrogens is 352 g/mol. The van der Waals surface area contributed by atoms with Gasteiger partial charge in [-0.05, 0) is 35.4 Å². The molecule has 0 unspecified atom stereocenters. The molecule has 3 heteroatoms. The summed E-state index contributed by atoms with van der Waals surface area (Å²) < 4.78 is 0. The lowest BCUT2D eigenvalue weighted by atomic mass is 10.0. The summed E-state index contributed by atoms with van der Waals surface area (Å²) in [6.07, 6.45) is 0. The van der Waals surface area contributed by atoms with E-state index in [9.17, 15) is 10.2 Å². The van der Waals surface area contributed by atoms with Crippen molar-refractivity contribution >= 4 is 11.8 Å². The van der Waals surface area contributed by atoms with Gasteiger partial charge in [0, 0.05) is 20.9 Å². The predicted molar refractivity (Wildman–Crippen MR) is 111 cm³/mol. The monoisotopic (exact) mass is 370 g/mol. The third kappa shape index (κ3) is 3.55. The molecule has 0 saturated heterocycles. The number of rotatable bonds is 4. The number of phenolic OH excluding ortho intramolecular Hbond substituents is 2. The highest BCUT2D eigenvalue weighted by molar-refractivity contribution is 7.99. The zero-order valence-electron chi connectivity index (χ0n) is 14.5. The Labute approximate surface area is 162 Å². The van der Waals surface area contributed by atoms with Gasteiger partial charge in [0.2, 0.25) is 0 Å². The van der Waals surface area contributed by atoms with Gasteiger partial charge in [0.1, 0.15) is 11.5 Å². The van der Waals surface area contributed by atoms with E-state index < -0.39 is 0 Å². The first-order chi connectivity index (χ1) is 13.2. The summed E-state index contributed by atoms with van der Waals surface area (Å²) in [5, 5.41) is 21.0. The maximum atomic E-state index is 10.5. The molecule has 4 aromatic rings. The van der Waals surface area contributed by atoms with Gasteiger partial charge in [-0.15, -0.1) is 0 Å². The van der Waals surface area contributed by atoms with Crippen molar-refractivity contribution in [1.82, 2.24) is 0 Å². The average molecular weight is 370 g/mol. The van der Waals surface area contributed by atoms with Crippen LogP contribution in [-0.4, -0.2) is 10.2 Å². The highest BCUT2D eigenvalue weighted by Crippen LogP contribution is 2.45.